The molecular formula is C12H14ClNO3. The molecule has 1 amide bonds. The van der Waals surface area contributed by atoms with E-state index in [9.17, 15) is 9.59 Å². The van der Waals surface area contributed by atoms with Crippen molar-refractivity contribution in [3.8, 4) is 0 Å². The summed E-state index contributed by atoms with van der Waals surface area (Å²) in [5.41, 5.74) is 0.706. The van der Waals surface area contributed by atoms with Gasteiger partial charge in [-0.1, -0.05) is 36.7 Å². The van der Waals surface area contributed by atoms with Gasteiger partial charge < -0.3 is 10.4 Å². The largest absolute Gasteiger partial charge is 0.480 e. The van der Waals surface area contributed by atoms with Gasteiger partial charge in [-0.25, -0.2) is 4.79 Å². The molecule has 0 bridgehead atoms. The Kier molecular flexibility index (Phi) is 4.97. The van der Waals surface area contributed by atoms with Gasteiger partial charge in [-0.15, -0.1) is 0 Å². The van der Waals surface area contributed by atoms with Crippen LogP contribution in [-0.4, -0.2) is 23.0 Å². The van der Waals surface area contributed by atoms with Crippen molar-refractivity contribution in [3.05, 3.63) is 34.9 Å². The fourth-order valence-electron chi connectivity index (χ4n) is 1.38. The Morgan fingerprint density at radius 1 is 1.41 bits per heavy atom. The van der Waals surface area contributed by atoms with Crippen LogP contribution >= 0.6 is 11.6 Å². The number of carboxylic acids is 1. The minimum absolute atomic E-state index is 0.181. The average Bonchev–Trinajstić information content (AvgIpc) is 2.30. The molecule has 2 N–H and O–H groups in total. The van der Waals surface area contributed by atoms with Crippen LogP contribution in [0.4, 0.5) is 0 Å². The topological polar surface area (TPSA) is 66.4 Å². The predicted molar refractivity (Wildman–Crippen MR) is 65.0 cm³/mol. The standard InChI is InChI=1S/C12H14ClNO3/c1-2-11(15)14-10(12(16)17)7-8-5-3-4-6-9(8)13/h3-6,10H,2,7H2,1H3,(H,14,15)(H,16,17)/t10-/m1/s1. The van der Waals surface area contributed by atoms with Crippen LogP contribution in [0.2, 0.25) is 5.02 Å². The van der Waals surface area contributed by atoms with Crippen molar-refractivity contribution in [2.75, 3.05) is 0 Å². The van der Waals surface area contributed by atoms with E-state index in [1.165, 1.54) is 0 Å². The smallest absolute Gasteiger partial charge is 0.326 e. The Bertz CT molecular complexity index is 420. The first kappa shape index (κ1) is 13.5. The molecule has 0 heterocycles. The summed E-state index contributed by atoms with van der Waals surface area (Å²) in [6.07, 6.45) is 0.438. The first-order valence-corrected chi connectivity index (χ1v) is 5.68. The lowest BCUT2D eigenvalue weighted by molar-refractivity contribution is -0.141. The molecule has 0 unspecified atom stereocenters. The third-order valence-electron chi connectivity index (χ3n) is 2.34. The number of hydrogen-bond donors (Lipinski definition) is 2. The third kappa shape index (κ3) is 4.07. The average molecular weight is 256 g/mol. The molecule has 0 radical (unpaired) electrons. The van der Waals surface area contributed by atoms with Crippen LogP contribution in [0.5, 0.6) is 0 Å². The molecule has 0 aliphatic heterocycles. The van der Waals surface area contributed by atoms with Gasteiger partial charge in [0.15, 0.2) is 0 Å². The molecule has 1 aromatic rings. The molecule has 0 aliphatic rings. The second-order valence-corrected chi connectivity index (χ2v) is 4.01. The van der Waals surface area contributed by atoms with Crippen molar-refractivity contribution in [2.24, 2.45) is 0 Å². The van der Waals surface area contributed by atoms with Gasteiger partial charge in [-0.3, -0.25) is 4.79 Å². The molecule has 1 rings (SSSR count). The minimum atomic E-state index is -1.06. The number of benzene rings is 1. The summed E-state index contributed by atoms with van der Waals surface area (Å²) < 4.78 is 0. The van der Waals surface area contributed by atoms with Gasteiger partial charge >= 0.3 is 5.97 Å². The normalized spacial score (nSPS) is 11.9. The van der Waals surface area contributed by atoms with Gasteiger partial charge in [0.05, 0.1) is 0 Å². The Morgan fingerprint density at radius 3 is 2.59 bits per heavy atom. The molecule has 0 aliphatic carbocycles. The molecule has 0 spiro atoms. The van der Waals surface area contributed by atoms with E-state index >= 15 is 0 Å². The van der Waals surface area contributed by atoms with Crippen LogP contribution < -0.4 is 5.32 Å². The highest BCUT2D eigenvalue weighted by atomic mass is 35.5. The molecule has 5 heteroatoms. The van der Waals surface area contributed by atoms with E-state index in [1.807, 2.05) is 0 Å². The summed E-state index contributed by atoms with van der Waals surface area (Å²) in [5, 5.41) is 12.0. The lowest BCUT2D eigenvalue weighted by Gasteiger charge is -2.14. The molecule has 1 atom stereocenters. The van der Waals surface area contributed by atoms with Crippen LogP contribution in [0, 0.1) is 0 Å². The highest BCUT2D eigenvalue weighted by Crippen LogP contribution is 2.16. The van der Waals surface area contributed by atoms with Crippen molar-refractivity contribution in [1.82, 2.24) is 5.32 Å². The molecule has 0 saturated carbocycles. The van der Waals surface area contributed by atoms with E-state index in [-0.39, 0.29) is 18.7 Å². The first-order chi connectivity index (χ1) is 8.04. The lowest BCUT2D eigenvalue weighted by atomic mass is 10.1. The molecule has 92 valence electrons. The van der Waals surface area contributed by atoms with Crippen molar-refractivity contribution >= 4 is 23.5 Å². The number of carbonyl (C=O) groups is 2. The molecule has 1 aromatic carbocycles. The van der Waals surface area contributed by atoms with Gasteiger partial charge in [-0.05, 0) is 11.6 Å². The lowest BCUT2D eigenvalue weighted by Crippen LogP contribution is -2.42. The maximum atomic E-state index is 11.2. The maximum Gasteiger partial charge on any atom is 0.326 e. The summed E-state index contributed by atoms with van der Waals surface area (Å²) in [4.78, 5) is 22.2. The number of aliphatic carboxylic acids is 1. The number of nitrogens with one attached hydrogen (secondary N) is 1. The number of rotatable bonds is 5. The monoisotopic (exact) mass is 255 g/mol. The Hall–Kier alpha value is -1.55. The number of amides is 1. The second-order valence-electron chi connectivity index (χ2n) is 3.61. The van der Waals surface area contributed by atoms with Crippen molar-refractivity contribution in [2.45, 2.75) is 25.8 Å². The zero-order chi connectivity index (χ0) is 12.8. The van der Waals surface area contributed by atoms with E-state index in [1.54, 1.807) is 31.2 Å². The van der Waals surface area contributed by atoms with Crippen LogP contribution in [0.3, 0.4) is 0 Å². The number of hydrogen-bond acceptors (Lipinski definition) is 2. The summed E-state index contributed by atoms with van der Waals surface area (Å²) in [6, 6.07) is 6.05. The highest BCUT2D eigenvalue weighted by molar-refractivity contribution is 6.31. The summed E-state index contributed by atoms with van der Waals surface area (Å²) in [6.45, 7) is 1.67. The Balaban J connectivity index is 2.77. The van der Waals surface area contributed by atoms with Crippen LogP contribution in [-0.2, 0) is 16.0 Å². The van der Waals surface area contributed by atoms with Gasteiger partial charge in [0.1, 0.15) is 6.04 Å². The van der Waals surface area contributed by atoms with Gasteiger partial charge in [-0.2, -0.15) is 0 Å². The van der Waals surface area contributed by atoms with Gasteiger partial charge in [0, 0.05) is 17.9 Å². The fraction of sp³-hybridized carbons (Fsp3) is 0.333. The van der Waals surface area contributed by atoms with Gasteiger partial charge in [0.2, 0.25) is 5.91 Å². The number of carboxylic acid groups (broad SMARTS) is 1. The molecule has 0 saturated heterocycles. The van der Waals surface area contributed by atoms with E-state index in [0.29, 0.717) is 10.6 Å². The van der Waals surface area contributed by atoms with E-state index in [0.717, 1.165) is 0 Å². The molecule has 4 nitrogen and oxygen atoms in total. The van der Waals surface area contributed by atoms with Crippen molar-refractivity contribution < 1.29 is 14.7 Å². The molecule has 17 heavy (non-hydrogen) atoms. The van der Waals surface area contributed by atoms with Gasteiger partial charge in [0.25, 0.3) is 0 Å². The van der Waals surface area contributed by atoms with Crippen LogP contribution in [0.25, 0.3) is 0 Å². The highest BCUT2D eigenvalue weighted by Gasteiger charge is 2.20. The summed E-state index contributed by atoms with van der Waals surface area (Å²) >= 11 is 5.94. The molecule has 0 aromatic heterocycles. The Morgan fingerprint density at radius 2 is 2.06 bits per heavy atom. The number of carbonyl (C=O) groups excluding carboxylic acids is 1. The van der Waals surface area contributed by atoms with E-state index < -0.39 is 12.0 Å². The van der Waals surface area contributed by atoms with Crippen molar-refractivity contribution in [1.29, 1.82) is 0 Å². The number of halogens is 1. The van der Waals surface area contributed by atoms with E-state index in [2.05, 4.69) is 5.32 Å². The Labute approximate surface area is 105 Å². The minimum Gasteiger partial charge on any atom is -0.480 e. The van der Waals surface area contributed by atoms with E-state index in [4.69, 9.17) is 16.7 Å². The third-order valence-corrected chi connectivity index (χ3v) is 2.71. The zero-order valence-corrected chi connectivity index (χ0v) is 10.2. The second kappa shape index (κ2) is 6.25. The molecular weight excluding hydrogens is 242 g/mol. The SMILES string of the molecule is CCC(=O)N[C@H](Cc1ccccc1Cl)C(=O)O. The maximum absolute atomic E-state index is 11.2. The van der Waals surface area contributed by atoms with Crippen molar-refractivity contribution in [3.63, 3.8) is 0 Å². The van der Waals surface area contributed by atoms with Crippen LogP contribution in [0.15, 0.2) is 24.3 Å². The first-order valence-electron chi connectivity index (χ1n) is 5.30. The summed E-state index contributed by atoms with van der Waals surface area (Å²) in [5.74, 6) is -1.35. The summed E-state index contributed by atoms with van der Waals surface area (Å²) in [7, 11) is 0. The zero-order valence-electron chi connectivity index (χ0n) is 9.44. The quantitative estimate of drug-likeness (QED) is 0.844. The predicted octanol–water partition coefficient (Wildman–Crippen LogP) is 1.86. The van der Waals surface area contributed by atoms with Crippen LogP contribution in [0.1, 0.15) is 18.9 Å². The fourth-order valence-corrected chi connectivity index (χ4v) is 1.59. The molecule has 0 fully saturated rings.